The monoisotopic (exact) mass is 300 g/mol. The highest BCUT2D eigenvalue weighted by Gasteiger charge is 2.18. The van der Waals surface area contributed by atoms with Crippen LogP contribution in [0, 0.1) is 11.6 Å². The minimum absolute atomic E-state index is 0.281. The molecule has 0 saturated heterocycles. The Balaban J connectivity index is 3.08. The molecule has 0 fully saturated rings. The molecular formula is C8H7ClF2N2O2S2. The maximum Gasteiger partial charge on any atom is 0.239 e. The molecule has 0 aliphatic heterocycles. The maximum atomic E-state index is 13.3. The number of benzene rings is 1. The summed E-state index contributed by atoms with van der Waals surface area (Å²) in [7, 11) is -3.95. The third-order valence-corrected chi connectivity index (χ3v) is 3.43. The molecule has 0 radical (unpaired) electrons. The van der Waals surface area contributed by atoms with E-state index >= 15 is 0 Å². The lowest BCUT2D eigenvalue weighted by Crippen LogP contribution is -2.26. The minimum Gasteiger partial charge on any atom is -0.392 e. The Morgan fingerprint density at radius 2 is 2.06 bits per heavy atom. The number of hydrogen-bond donors (Lipinski definition) is 2. The van der Waals surface area contributed by atoms with Crippen molar-refractivity contribution < 1.29 is 17.2 Å². The fraction of sp³-hybridized carbons (Fsp3) is 0.125. The highest BCUT2D eigenvalue weighted by atomic mass is 35.5. The van der Waals surface area contributed by atoms with E-state index < -0.39 is 38.1 Å². The van der Waals surface area contributed by atoms with E-state index in [1.54, 1.807) is 0 Å². The zero-order valence-electron chi connectivity index (χ0n) is 8.21. The van der Waals surface area contributed by atoms with Gasteiger partial charge in [-0.05, 0) is 6.07 Å². The van der Waals surface area contributed by atoms with E-state index in [9.17, 15) is 17.2 Å². The quantitative estimate of drug-likeness (QED) is 0.829. The van der Waals surface area contributed by atoms with Gasteiger partial charge in [0.05, 0.1) is 10.0 Å². The molecule has 0 aromatic heterocycles. The fourth-order valence-electron chi connectivity index (χ4n) is 1.02. The molecule has 0 amide bonds. The summed E-state index contributed by atoms with van der Waals surface area (Å²) < 4.78 is 50.6. The summed E-state index contributed by atoms with van der Waals surface area (Å²) in [6, 6.07) is 1.29. The first-order chi connectivity index (χ1) is 7.71. The molecule has 1 aromatic carbocycles. The summed E-state index contributed by atoms with van der Waals surface area (Å²) in [5.74, 6) is -2.69. The van der Waals surface area contributed by atoms with Gasteiger partial charge in [-0.3, -0.25) is 4.72 Å². The van der Waals surface area contributed by atoms with Gasteiger partial charge in [0, 0.05) is 6.07 Å². The van der Waals surface area contributed by atoms with Gasteiger partial charge in [0.1, 0.15) is 17.3 Å². The smallest absolute Gasteiger partial charge is 0.239 e. The van der Waals surface area contributed by atoms with E-state index in [1.807, 2.05) is 4.72 Å². The molecule has 0 saturated carbocycles. The van der Waals surface area contributed by atoms with Crippen LogP contribution in [0.5, 0.6) is 0 Å². The van der Waals surface area contributed by atoms with E-state index in [2.05, 4.69) is 12.2 Å². The lowest BCUT2D eigenvalue weighted by Gasteiger charge is -2.09. The Bertz CT molecular complexity index is 540. The van der Waals surface area contributed by atoms with Crippen LogP contribution in [-0.2, 0) is 10.0 Å². The van der Waals surface area contributed by atoms with Crippen molar-refractivity contribution in [1.29, 1.82) is 0 Å². The van der Waals surface area contributed by atoms with E-state index in [0.29, 0.717) is 6.07 Å². The van der Waals surface area contributed by atoms with Crippen molar-refractivity contribution in [3.05, 3.63) is 28.8 Å². The molecule has 0 spiro atoms. The standard InChI is InChI=1S/C8H7ClF2N2O2S2/c9-5-1-4(10)2-6(11)8(5)13-17(14,15)3-7(12)16/h1-2,13H,3H2,(H2,12,16). The number of nitrogens with one attached hydrogen (secondary N) is 1. The predicted molar refractivity (Wildman–Crippen MR) is 65.6 cm³/mol. The van der Waals surface area contributed by atoms with Crippen LogP contribution in [-0.4, -0.2) is 19.2 Å². The number of halogens is 3. The van der Waals surface area contributed by atoms with Crippen LogP contribution in [0.1, 0.15) is 0 Å². The second-order valence-electron chi connectivity index (χ2n) is 3.07. The zero-order valence-corrected chi connectivity index (χ0v) is 10.6. The first-order valence-electron chi connectivity index (χ1n) is 4.14. The first kappa shape index (κ1) is 14.1. The van der Waals surface area contributed by atoms with Gasteiger partial charge in [-0.15, -0.1) is 0 Å². The molecule has 1 rings (SSSR count). The number of thiocarbonyl (C=S) groups is 1. The minimum atomic E-state index is -3.95. The van der Waals surface area contributed by atoms with Crippen LogP contribution in [0.4, 0.5) is 14.5 Å². The number of sulfonamides is 1. The zero-order chi connectivity index (χ0) is 13.2. The van der Waals surface area contributed by atoms with E-state index in [4.69, 9.17) is 17.3 Å². The molecule has 0 aliphatic carbocycles. The topological polar surface area (TPSA) is 72.2 Å². The van der Waals surface area contributed by atoms with Gasteiger partial charge in [-0.2, -0.15) is 0 Å². The van der Waals surface area contributed by atoms with Gasteiger partial charge >= 0.3 is 0 Å². The van der Waals surface area contributed by atoms with Crippen LogP contribution < -0.4 is 10.5 Å². The molecule has 4 nitrogen and oxygen atoms in total. The number of hydrogen-bond acceptors (Lipinski definition) is 3. The molecular weight excluding hydrogens is 294 g/mol. The summed E-state index contributed by atoms with van der Waals surface area (Å²) in [6.07, 6.45) is 0. The predicted octanol–water partition coefficient (Wildman–Crippen LogP) is 1.65. The summed E-state index contributed by atoms with van der Waals surface area (Å²) in [4.78, 5) is -0.281. The van der Waals surface area contributed by atoms with Crippen molar-refractivity contribution in [1.82, 2.24) is 0 Å². The van der Waals surface area contributed by atoms with Gasteiger partial charge in [0.2, 0.25) is 10.0 Å². The van der Waals surface area contributed by atoms with E-state index in [1.165, 1.54) is 0 Å². The lowest BCUT2D eigenvalue weighted by molar-refractivity contribution is 0.583. The van der Waals surface area contributed by atoms with Gasteiger partial charge < -0.3 is 5.73 Å². The molecule has 0 atom stereocenters. The SMILES string of the molecule is NC(=S)CS(=O)(=O)Nc1c(F)cc(F)cc1Cl. The Kier molecular flexibility index (Phi) is 4.23. The van der Waals surface area contributed by atoms with Crippen molar-refractivity contribution in [3.63, 3.8) is 0 Å². The van der Waals surface area contributed by atoms with Crippen LogP contribution in [0.2, 0.25) is 5.02 Å². The van der Waals surface area contributed by atoms with E-state index in [-0.39, 0.29) is 4.99 Å². The molecule has 0 aliphatic rings. The summed E-state index contributed by atoms with van der Waals surface area (Å²) in [5.41, 5.74) is 4.52. The Morgan fingerprint density at radius 3 is 2.53 bits per heavy atom. The maximum absolute atomic E-state index is 13.3. The average Bonchev–Trinajstić information content (AvgIpc) is 2.09. The van der Waals surface area contributed by atoms with Crippen molar-refractivity contribution >= 4 is 44.5 Å². The third kappa shape index (κ3) is 4.06. The molecule has 0 bridgehead atoms. The van der Waals surface area contributed by atoms with Gasteiger partial charge in [-0.25, -0.2) is 17.2 Å². The molecule has 0 unspecified atom stereocenters. The molecule has 94 valence electrons. The van der Waals surface area contributed by atoms with Crippen LogP contribution in [0.25, 0.3) is 0 Å². The number of nitrogens with two attached hydrogens (primary N) is 1. The normalized spacial score (nSPS) is 11.2. The Labute approximate surface area is 107 Å². The highest BCUT2D eigenvalue weighted by Crippen LogP contribution is 2.27. The Morgan fingerprint density at radius 1 is 1.47 bits per heavy atom. The largest absolute Gasteiger partial charge is 0.392 e. The lowest BCUT2D eigenvalue weighted by atomic mass is 10.3. The van der Waals surface area contributed by atoms with Crippen LogP contribution in [0.3, 0.4) is 0 Å². The summed E-state index contributed by atoms with van der Waals surface area (Å²) in [6.45, 7) is 0. The van der Waals surface area contributed by atoms with Gasteiger partial charge in [0.15, 0.2) is 5.82 Å². The molecule has 3 N–H and O–H groups in total. The first-order valence-corrected chi connectivity index (χ1v) is 6.58. The molecule has 1 aromatic rings. The second kappa shape index (κ2) is 5.11. The van der Waals surface area contributed by atoms with E-state index in [0.717, 1.165) is 6.07 Å². The molecule has 17 heavy (non-hydrogen) atoms. The number of rotatable bonds is 4. The Hall–Kier alpha value is -0.990. The van der Waals surface area contributed by atoms with Crippen LogP contribution >= 0.6 is 23.8 Å². The second-order valence-corrected chi connectivity index (χ2v) is 5.73. The van der Waals surface area contributed by atoms with Crippen molar-refractivity contribution in [3.8, 4) is 0 Å². The fourth-order valence-corrected chi connectivity index (χ4v) is 2.75. The van der Waals surface area contributed by atoms with Gasteiger partial charge in [-0.1, -0.05) is 23.8 Å². The molecule has 0 heterocycles. The van der Waals surface area contributed by atoms with Crippen molar-refractivity contribution in [2.45, 2.75) is 0 Å². The van der Waals surface area contributed by atoms with Crippen molar-refractivity contribution in [2.75, 3.05) is 10.5 Å². The molecule has 9 heteroatoms. The summed E-state index contributed by atoms with van der Waals surface area (Å²) >= 11 is 9.92. The third-order valence-electron chi connectivity index (χ3n) is 1.60. The summed E-state index contributed by atoms with van der Waals surface area (Å²) in [5, 5.41) is -0.394. The average molecular weight is 301 g/mol. The highest BCUT2D eigenvalue weighted by molar-refractivity contribution is 7.95. The van der Waals surface area contributed by atoms with Gasteiger partial charge in [0.25, 0.3) is 0 Å². The number of anilines is 1. The van der Waals surface area contributed by atoms with Crippen molar-refractivity contribution in [2.24, 2.45) is 5.73 Å². The van der Waals surface area contributed by atoms with Crippen LogP contribution in [0.15, 0.2) is 12.1 Å².